The molecule has 2 N–H and O–H groups in total. The van der Waals surface area contributed by atoms with Gasteiger partial charge in [-0.1, -0.05) is 0 Å². The van der Waals surface area contributed by atoms with Crippen LogP contribution in [0.15, 0.2) is 12.5 Å². The molecule has 1 rings (SSSR count). The minimum Gasteiger partial charge on any atom is -0.498 e. The van der Waals surface area contributed by atoms with Crippen molar-refractivity contribution in [2.24, 2.45) is 5.73 Å². The van der Waals surface area contributed by atoms with Gasteiger partial charge in [-0.25, -0.2) is 0 Å². The fraction of sp³-hybridized carbons (Fsp3) is 0.714. The molecule has 1 heterocycles. The summed E-state index contributed by atoms with van der Waals surface area (Å²) in [4.78, 5) is 2.22. The van der Waals surface area contributed by atoms with Crippen molar-refractivity contribution < 1.29 is 4.74 Å². The zero-order valence-electron chi connectivity index (χ0n) is 6.12. The van der Waals surface area contributed by atoms with Crippen molar-refractivity contribution in [1.29, 1.82) is 0 Å². The van der Waals surface area contributed by atoms with E-state index >= 15 is 0 Å². The zero-order chi connectivity index (χ0) is 7.23. The molecule has 0 aliphatic carbocycles. The molecule has 0 aromatic carbocycles. The van der Waals surface area contributed by atoms with Crippen LogP contribution in [0.4, 0.5) is 0 Å². The number of nitrogens with zero attached hydrogens (tertiary/aromatic N) is 1. The molecule has 0 atom stereocenters. The molecule has 1 aliphatic rings. The first kappa shape index (κ1) is 7.41. The van der Waals surface area contributed by atoms with Gasteiger partial charge in [-0.2, -0.15) is 0 Å². The molecule has 0 amide bonds. The molecule has 0 radical (unpaired) electrons. The molecule has 0 aromatic rings. The Hall–Kier alpha value is -0.700. The van der Waals surface area contributed by atoms with Crippen LogP contribution in [-0.2, 0) is 4.74 Å². The number of hydrogen-bond acceptors (Lipinski definition) is 3. The van der Waals surface area contributed by atoms with Crippen molar-refractivity contribution in [3.63, 3.8) is 0 Å². The van der Waals surface area contributed by atoms with Crippen LogP contribution in [-0.4, -0.2) is 31.1 Å². The molecule has 0 aromatic heterocycles. The van der Waals surface area contributed by atoms with Crippen molar-refractivity contribution in [2.75, 3.05) is 26.2 Å². The standard InChI is InChI=1S/C7H14N2O/c8-2-1-3-9-4-6-10-7-5-9/h4,6H,1-3,5,7-8H2. The predicted octanol–water partition coefficient (Wildman–Crippen LogP) is 0.139. The van der Waals surface area contributed by atoms with Crippen molar-refractivity contribution >= 4 is 0 Å². The Morgan fingerprint density at radius 3 is 3.10 bits per heavy atom. The highest BCUT2D eigenvalue weighted by Gasteiger charge is 2.01. The number of ether oxygens (including phenoxy) is 1. The van der Waals surface area contributed by atoms with E-state index in [4.69, 9.17) is 10.5 Å². The van der Waals surface area contributed by atoms with E-state index in [1.807, 2.05) is 6.20 Å². The van der Waals surface area contributed by atoms with Gasteiger partial charge in [0.25, 0.3) is 0 Å². The molecule has 0 saturated heterocycles. The van der Waals surface area contributed by atoms with Gasteiger partial charge in [0.1, 0.15) is 6.61 Å². The molecule has 1 aliphatic heterocycles. The van der Waals surface area contributed by atoms with Crippen molar-refractivity contribution in [2.45, 2.75) is 6.42 Å². The van der Waals surface area contributed by atoms with Gasteiger partial charge in [-0.3, -0.25) is 0 Å². The maximum Gasteiger partial charge on any atom is 0.105 e. The molecule has 58 valence electrons. The summed E-state index contributed by atoms with van der Waals surface area (Å²) in [5, 5.41) is 0. The van der Waals surface area contributed by atoms with Crippen LogP contribution < -0.4 is 5.73 Å². The Bertz CT molecular complexity index is 114. The summed E-state index contributed by atoms with van der Waals surface area (Å²) < 4.78 is 5.03. The Morgan fingerprint density at radius 2 is 2.50 bits per heavy atom. The van der Waals surface area contributed by atoms with Crippen LogP contribution in [0.1, 0.15) is 6.42 Å². The minimum absolute atomic E-state index is 0.769. The zero-order valence-corrected chi connectivity index (χ0v) is 6.12. The number of hydrogen-bond donors (Lipinski definition) is 1. The lowest BCUT2D eigenvalue weighted by Crippen LogP contribution is -2.27. The highest BCUT2D eigenvalue weighted by molar-refractivity contribution is 4.79. The van der Waals surface area contributed by atoms with E-state index < -0.39 is 0 Å². The molecule has 3 nitrogen and oxygen atoms in total. The molecule has 0 bridgehead atoms. The Morgan fingerprint density at radius 1 is 1.60 bits per heavy atom. The predicted molar refractivity (Wildman–Crippen MR) is 40.3 cm³/mol. The molecule has 0 fully saturated rings. The minimum atomic E-state index is 0.769. The van der Waals surface area contributed by atoms with Gasteiger partial charge in [0.2, 0.25) is 0 Å². The Labute approximate surface area is 61.4 Å². The van der Waals surface area contributed by atoms with Gasteiger partial charge in [0.05, 0.1) is 12.8 Å². The van der Waals surface area contributed by atoms with Gasteiger partial charge in [0, 0.05) is 12.7 Å². The molecule has 0 spiro atoms. The summed E-state index contributed by atoms with van der Waals surface area (Å²) in [6.45, 7) is 3.62. The summed E-state index contributed by atoms with van der Waals surface area (Å²) in [6.07, 6.45) is 4.77. The molecular weight excluding hydrogens is 128 g/mol. The summed E-state index contributed by atoms with van der Waals surface area (Å²) >= 11 is 0. The van der Waals surface area contributed by atoms with E-state index in [1.165, 1.54) is 0 Å². The average Bonchev–Trinajstić information content (AvgIpc) is 2.03. The van der Waals surface area contributed by atoms with Crippen LogP contribution >= 0.6 is 0 Å². The highest BCUT2D eigenvalue weighted by Crippen LogP contribution is 1.98. The maximum atomic E-state index is 5.36. The molecular formula is C7H14N2O. The Balaban J connectivity index is 2.13. The largest absolute Gasteiger partial charge is 0.498 e. The summed E-state index contributed by atoms with van der Waals surface area (Å²) in [5.41, 5.74) is 5.36. The third kappa shape index (κ3) is 2.27. The first-order valence-electron chi connectivity index (χ1n) is 3.66. The average molecular weight is 142 g/mol. The maximum absolute atomic E-state index is 5.36. The van der Waals surface area contributed by atoms with Crippen LogP contribution in [0.3, 0.4) is 0 Å². The second kappa shape index (κ2) is 4.17. The first-order valence-corrected chi connectivity index (χ1v) is 3.66. The van der Waals surface area contributed by atoms with Gasteiger partial charge in [-0.15, -0.1) is 0 Å². The molecule has 0 unspecified atom stereocenters. The van der Waals surface area contributed by atoms with Crippen LogP contribution in [0, 0.1) is 0 Å². The lowest BCUT2D eigenvalue weighted by molar-refractivity contribution is 0.172. The monoisotopic (exact) mass is 142 g/mol. The molecule has 0 saturated carbocycles. The van der Waals surface area contributed by atoms with Crippen molar-refractivity contribution in [3.05, 3.63) is 12.5 Å². The fourth-order valence-electron chi connectivity index (χ4n) is 0.922. The quantitative estimate of drug-likeness (QED) is 0.609. The van der Waals surface area contributed by atoms with E-state index in [9.17, 15) is 0 Å². The summed E-state index contributed by atoms with van der Waals surface area (Å²) in [5.74, 6) is 0. The topological polar surface area (TPSA) is 38.5 Å². The van der Waals surface area contributed by atoms with Gasteiger partial charge < -0.3 is 15.4 Å². The fourth-order valence-corrected chi connectivity index (χ4v) is 0.922. The summed E-state index contributed by atoms with van der Waals surface area (Å²) in [7, 11) is 0. The third-order valence-electron chi connectivity index (χ3n) is 1.51. The second-order valence-electron chi connectivity index (χ2n) is 2.33. The van der Waals surface area contributed by atoms with Crippen molar-refractivity contribution in [3.8, 4) is 0 Å². The van der Waals surface area contributed by atoms with Crippen LogP contribution in [0.25, 0.3) is 0 Å². The van der Waals surface area contributed by atoms with Gasteiger partial charge in [-0.05, 0) is 13.0 Å². The smallest absolute Gasteiger partial charge is 0.105 e. The van der Waals surface area contributed by atoms with E-state index in [0.29, 0.717) is 0 Å². The van der Waals surface area contributed by atoms with E-state index in [2.05, 4.69) is 4.90 Å². The SMILES string of the molecule is NCCCN1C=COCC1. The number of nitrogens with two attached hydrogens (primary N) is 1. The lowest BCUT2D eigenvalue weighted by atomic mass is 10.4. The van der Waals surface area contributed by atoms with E-state index in [1.54, 1.807) is 6.26 Å². The lowest BCUT2D eigenvalue weighted by Gasteiger charge is -2.22. The molecule has 10 heavy (non-hydrogen) atoms. The van der Waals surface area contributed by atoms with Crippen molar-refractivity contribution in [1.82, 2.24) is 4.90 Å². The summed E-state index contributed by atoms with van der Waals surface area (Å²) in [6, 6.07) is 0. The van der Waals surface area contributed by atoms with Gasteiger partial charge in [0.15, 0.2) is 0 Å². The van der Waals surface area contributed by atoms with E-state index in [-0.39, 0.29) is 0 Å². The normalized spacial score (nSPS) is 17.1. The Kier molecular flexibility index (Phi) is 3.09. The first-order chi connectivity index (χ1) is 4.93. The third-order valence-corrected chi connectivity index (χ3v) is 1.51. The van der Waals surface area contributed by atoms with Gasteiger partial charge >= 0.3 is 0 Å². The van der Waals surface area contributed by atoms with E-state index in [0.717, 1.165) is 32.7 Å². The van der Waals surface area contributed by atoms with Crippen LogP contribution in [0.2, 0.25) is 0 Å². The second-order valence-corrected chi connectivity index (χ2v) is 2.33. The highest BCUT2D eigenvalue weighted by atomic mass is 16.5. The molecule has 3 heteroatoms. The number of rotatable bonds is 3. The van der Waals surface area contributed by atoms with Crippen LogP contribution in [0.5, 0.6) is 0 Å².